The van der Waals surface area contributed by atoms with Gasteiger partial charge < -0.3 is 14.6 Å². The number of ketones is 1. The van der Waals surface area contributed by atoms with E-state index in [-0.39, 0.29) is 24.8 Å². The zero-order valence-corrected chi connectivity index (χ0v) is 20.2. The average molecular weight is 490 g/mol. The summed E-state index contributed by atoms with van der Waals surface area (Å²) in [5, 5.41) is 3.50. The summed E-state index contributed by atoms with van der Waals surface area (Å²) in [6.07, 6.45) is 3.47. The summed E-state index contributed by atoms with van der Waals surface area (Å²) in [4.78, 5) is 29.6. The van der Waals surface area contributed by atoms with Crippen molar-refractivity contribution in [3.05, 3.63) is 95.3 Å². The van der Waals surface area contributed by atoms with Crippen LogP contribution in [0.3, 0.4) is 0 Å². The number of hydrogen-bond donors (Lipinski definition) is 1. The smallest absolute Gasteiger partial charge is 0.257 e. The van der Waals surface area contributed by atoms with Crippen LogP contribution >= 0.6 is 11.6 Å². The van der Waals surface area contributed by atoms with Crippen LogP contribution in [0, 0.1) is 0 Å². The number of rotatable bonds is 12. The summed E-state index contributed by atoms with van der Waals surface area (Å²) in [6.45, 7) is 0.840. The predicted octanol–water partition coefficient (Wildman–Crippen LogP) is 5.48. The number of carbonyl (C=O) groups excluding carboxylic acids is 2. The van der Waals surface area contributed by atoms with Crippen LogP contribution in [0.5, 0.6) is 5.75 Å². The first kappa shape index (κ1) is 24.5. The SMILES string of the molecule is O=C(COc1ccccc1)NCCCCCc1nc2ccccc2n1CC(=O)c1ccc(Cl)cc1. The highest BCUT2D eigenvalue weighted by molar-refractivity contribution is 6.30. The fourth-order valence-corrected chi connectivity index (χ4v) is 4.02. The van der Waals surface area contributed by atoms with Crippen LogP contribution < -0.4 is 10.1 Å². The first-order valence-corrected chi connectivity index (χ1v) is 12.2. The molecule has 0 aliphatic rings. The highest BCUT2D eigenvalue weighted by Crippen LogP contribution is 2.19. The Balaban J connectivity index is 1.26. The molecule has 3 aromatic carbocycles. The average Bonchev–Trinajstić information content (AvgIpc) is 3.23. The minimum Gasteiger partial charge on any atom is -0.484 e. The lowest BCUT2D eigenvalue weighted by Crippen LogP contribution is -2.29. The molecular weight excluding hydrogens is 462 g/mol. The van der Waals surface area contributed by atoms with E-state index < -0.39 is 0 Å². The third kappa shape index (κ3) is 6.93. The molecule has 6 nitrogen and oxygen atoms in total. The van der Waals surface area contributed by atoms with Crippen molar-refractivity contribution >= 4 is 34.3 Å². The van der Waals surface area contributed by atoms with Crippen LogP contribution in [0.25, 0.3) is 11.0 Å². The molecule has 1 heterocycles. The van der Waals surface area contributed by atoms with Gasteiger partial charge in [-0.25, -0.2) is 4.98 Å². The molecule has 1 N–H and O–H groups in total. The topological polar surface area (TPSA) is 73.2 Å². The van der Waals surface area contributed by atoms with E-state index in [1.165, 1.54) is 0 Å². The molecule has 4 aromatic rings. The monoisotopic (exact) mass is 489 g/mol. The number of fused-ring (bicyclic) bond motifs is 1. The molecule has 1 amide bonds. The molecule has 35 heavy (non-hydrogen) atoms. The van der Waals surface area contributed by atoms with E-state index >= 15 is 0 Å². The van der Waals surface area contributed by atoms with Crippen molar-refractivity contribution in [3.8, 4) is 5.75 Å². The zero-order chi connectivity index (χ0) is 24.5. The summed E-state index contributed by atoms with van der Waals surface area (Å²) in [6, 6.07) is 24.1. The summed E-state index contributed by atoms with van der Waals surface area (Å²) in [7, 11) is 0. The number of unbranched alkanes of at least 4 members (excludes halogenated alkanes) is 2. The number of benzene rings is 3. The van der Waals surface area contributed by atoms with Crippen LogP contribution in [-0.2, 0) is 17.8 Å². The molecule has 0 fully saturated rings. The molecule has 0 saturated heterocycles. The summed E-state index contributed by atoms with van der Waals surface area (Å²) in [5.74, 6) is 1.47. The molecular formula is C28H28ClN3O3. The highest BCUT2D eigenvalue weighted by atomic mass is 35.5. The second-order valence-electron chi connectivity index (χ2n) is 8.30. The van der Waals surface area contributed by atoms with Gasteiger partial charge in [0.15, 0.2) is 12.4 Å². The molecule has 0 radical (unpaired) electrons. The van der Waals surface area contributed by atoms with E-state index in [2.05, 4.69) is 5.32 Å². The first-order chi connectivity index (χ1) is 17.1. The zero-order valence-electron chi connectivity index (χ0n) is 19.5. The van der Waals surface area contributed by atoms with Gasteiger partial charge in [-0.05, 0) is 61.4 Å². The lowest BCUT2D eigenvalue weighted by molar-refractivity contribution is -0.123. The number of aryl methyl sites for hydroxylation is 1. The summed E-state index contributed by atoms with van der Waals surface area (Å²) in [5.41, 5.74) is 2.47. The van der Waals surface area contributed by atoms with Crippen molar-refractivity contribution in [2.75, 3.05) is 13.2 Å². The number of hydrogen-bond acceptors (Lipinski definition) is 4. The Morgan fingerprint density at radius 3 is 2.43 bits per heavy atom. The van der Waals surface area contributed by atoms with Gasteiger partial charge in [0.2, 0.25) is 0 Å². The lowest BCUT2D eigenvalue weighted by atomic mass is 10.1. The maximum Gasteiger partial charge on any atom is 0.257 e. The number of nitrogens with one attached hydrogen (secondary N) is 1. The van der Waals surface area contributed by atoms with Crippen molar-refractivity contribution in [1.29, 1.82) is 0 Å². The molecule has 7 heteroatoms. The van der Waals surface area contributed by atoms with Gasteiger partial charge in [0.1, 0.15) is 11.6 Å². The first-order valence-electron chi connectivity index (χ1n) is 11.8. The van der Waals surface area contributed by atoms with Crippen LogP contribution in [0.2, 0.25) is 5.02 Å². The van der Waals surface area contributed by atoms with Crippen LogP contribution in [-0.4, -0.2) is 34.4 Å². The van der Waals surface area contributed by atoms with Gasteiger partial charge in [0, 0.05) is 23.6 Å². The number of para-hydroxylation sites is 3. The summed E-state index contributed by atoms with van der Waals surface area (Å²) >= 11 is 5.96. The van der Waals surface area contributed by atoms with E-state index in [9.17, 15) is 9.59 Å². The van der Waals surface area contributed by atoms with Crippen molar-refractivity contribution < 1.29 is 14.3 Å². The number of aromatic nitrogens is 2. The third-order valence-electron chi connectivity index (χ3n) is 5.71. The van der Waals surface area contributed by atoms with Gasteiger partial charge in [0.25, 0.3) is 5.91 Å². The number of Topliss-reactive ketones (excluding diaryl/α,β-unsaturated/α-hetero) is 1. The van der Waals surface area contributed by atoms with Crippen molar-refractivity contribution in [2.45, 2.75) is 32.2 Å². The fraction of sp³-hybridized carbons (Fsp3) is 0.250. The van der Waals surface area contributed by atoms with Gasteiger partial charge in [-0.2, -0.15) is 0 Å². The van der Waals surface area contributed by atoms with Gasteiger partial charge in [-0.3, -0.25) is 9.59 Å². The van der Waals surface area contributed by atoms with E-state index in [4.69, 9.17) is 21.3 Å². The molecule has 0 aliphatic carbocycles. The predicted molar refractivity (Wildman–Crippen MR) is 138 cm³/mol. The van der Waals surface area contributed by atoms with Crippen LogP contribution in [0.1, 0.15) is 35.4 Å². The Bertz CT molecular complexity index is 1270. The third-order valence-corrected chi connectivity index (χ3v) is 5.97. The Morgan fingerprint density at radius 1 is 0.886 bits per heavy atom. The largest absolute Gasteiger partial charge is 0.484 e. The van der Waals surface area contributed by atoms with Crippen LogP contribution in [0.4, 0.5) is 0 Å². The van der Waals surface area contributed by atoms with Gasteiger partial charge in [0.05, 0.1) is 17.6 Å². The number of carbonyl (C=O) groups is 2. The second-order valence-corrected chi connectivity index (χ2v) is 8.73. The molecule has 0 bridgehead atoms. The molecule has 4 rings (SSSR count). The number of imidazole rings is 1. The van der Waals surface area contributed by atoms with Crippen molar-refractivity contribution in [3.63, 3.8) is 0 Å². The second kappa shape index (κ2) is 12.2. The molecule has 180 valence electrons. The fourth-order valence-electron chi connectivity index (χ4n) is 3.89. The Morgan fingerprint density at radius 2 is 1.63 bits per heavy atom. The lowest BCUT2D eigenvalue weighted by Gasteiger charge is -2.10. The minimum absolute atomic E-state index is 0.00961. The van der Waals surface area contributed by atoms with Gasteiger partial charge in [-0.15, -0.1) is 0 Å². The number of nitrogens with zero attached hydrogens (tertiary/aromatic N) is 2. The number of ether oxygens (including phenoxy) is 1. The van der Waals surface area contributed by atoms with E-state index in [0.29, 0.717) is 22.9 Å². The number of halogens is 1. The Labute approximate surface area is 209 Å². The molecule has 0 aliphatic heterocycles. The Kier molecular flexibility index (Phi) is 8.52. The van der Waals surface area contributed by atoms with E-state index in [0.717, 1.165) is 42.5 Å². The molecule has 0 atom stereocenters. The highest BCUT2D eigenvalue weighted by Gasteiger charge is 2.15. The van der Waals surface area contributed by atoms with Crippen LogP contribution in [0.15, 0.2) is 78.9 Å². The maximum atomic E-state index is 12.9. The number of amides is 1. The van der Waals surface area contributed by atoms with Gasteiger partial charge >= 0.3 is 0 Å². The summed E-state index contributed by atoms with van der Waals surface area (Å²) < 4.78 is 7.47. The maximum absolute atomic E-state index is 12.9. The van der Waals surface area contributed by atoms with E-state index in [1.54, 1.807) is 24.3 Å². The van der Waals surface area contributed by atoms with E-state index in [1.807, 2.05) is 59.2 Å². The minimum atomic E-state index is -0.128. The quantitative estimate of drug-likeness (QED) is 0.211. The van der Waals surface area contributed by atoms with Crippen molar-refractivity contribution in [2.24, 2.45) is 0 Å². The Hall–Kier alpha value is -3.64. The molecule has 0 saturated carbocycles. The molecule has 0 spiro atoms. The molecule has 1 aromatic heterocycles. The standard InChI is InChI=1S/C28H28ClN3O3/c29-22-16-14-21(15-17-22)26(33)19-32-25-12-7-6-11-24(25)31-27(32)13-5-2-8-18-30-28(34)20-35-23-9-3-1-4-10-23/h1,3-4,6-7,9-12,14-17H,2,5,8,13,18-20H2,(H,30,34). The van der Waals surface area contributed by atoms with Crippen molar-refractivity contribution in [1.82, 2.24) is 14.9 Å². The normalized spacial score (nSPS) is 10.9. The molecule has 0 unspecified atom stereocenters. The van der Waals surface area contributed by atoms with Gasteiger partial charge in [-0.1, -0.05) is 48.4 Å².